The number of hydrogen-bond donors (Lipinski definition) is 0. The van der Waals surface area contributed by atoms with Crippen molar-refractivity contribution in [1.29, 1.82) is 0 Å². The topological polar surface area (TPSA) is 62.1 Å². The number of para-hydroxylation sites is 2. The Balaban J connectivity index is 1.25. The molecule has 0 aliphatic rings. The van der Waals surface area contributed by atoms with Crippen LogP contribution in [0.3, 0.4) is 0 Å². The van der Waals surface area contributed by atoms with Crippen molar-refractivity contribution in [3.8, 4) is 17.2 Å². The third kappa shape index (κ3) is 4.02. The summed E-state index contributed by atoms with van der Waals surface area (Å²) in [6.45, 7) is 0.837. The lowest BCUT2D eigenvalue weighted by molar-refractivity contribution is 0.216. The van der Waals surface area contributed by atoms with Crippen LogP contribution in [0.4, 0.5) is 0 Å². The van der Waals surface area contributed by atoms with Crippen molar-refractivity contribution in [2.24, 2.45) is 0 Å². The molecule has 5 rings (SSSR count). The molecular weight excluding hydrogens is 424 g/mol. The molecule has 2 aromatic heterocycles. The predicted molar refractivity (Wildman–Crippen MR) is 126 cm³/mol. The first-order chi connectivity index (χ1) is 15.7. The van der Waals surface area contributed by atoms with Crippen molar-refractivity contribution >= 4 is 33.4 Å². The van der Waals surface area contributed by atoms with Crippen LogP contribution in [-0.4, -0.2) is 29.7 Å². The van der Waals surface area contributed by atoms with Crippen molar-refractivity contribution in [2.45, 2.75) is 0 Å². The first-order valence-electron chi connectivity index (χ1n) is 10.1. The van der Waals surface area contributed by atoms with E-state index in [-0.39, 0.29) is 5.56 Å². The highest BCUT2D eigenvalue weighted by Crippen LogP contribution is 2.19. The number of methoxy groups -OCH3 is 1. The molecule has 0 saturated heterocycles. The first kappa shape index (κ1) is 20.1. The van der Waals surface area contributed by atoms with Gasteiger partial charge in [-0.05, 0) is 48.0 Å². The fourth-order valence-corrected chi connectivity index (χ4v) is 4.42. The van der Waals surface area contributed by atoms with Crippen LogP contribution in [0.5, 0.6) is 17.2 Å². The van der Waals surface area contributed by atoms with Crippen LogP contribution < -0.4 is 24.3 Å². The molecular formula is C25H20N2O4S. The minimum absolute atomic E-state index is 0.0475. The molecule has 160 valence electrons. The minimum Gasteiger partial charge on any atom is -0.497 e. The SMILES string of the molecule is COc1cccc(OCCOc2ccc(/C=c3\sc4nc5ccccc5n4c3=O)cc2)c1. The van der Waals surface area contributed by atoms with E-state index in [0.29, 0.717) is 22.7 Å². The average Bonchev–Trinajstić information content (AvgIpc) is 3.34. The second kappa shape index (κ2) is 8.72. The third-order valence-corrected chi connectivity index (χ3v) is 5.95. The summed E-state index contributed by atoms with van der Waals surface area (Å²) in [6, 6.07) is 22.8. The Morgan fingerprint density at radius 1 is 0.906 bits per heavy atom. The van der Waals surface area contributed by atoms with Gasteiger partial charge in [0.25, 0.3) is 5.56 Å². The van der Waals surface area contributed by atoms with E-state index in [0.717, 1.165) is 33.8 Å². The second-order valence-electron chi connectivity index (χ2n) is 7.08. The number of benzene rings is 3. The van der Waals surface area contributed by atoms with Crippen LogP contribution in [0.25, 0.3) is 22.1 Å². The number of thiazole rings is 1. The van der Waals surface area contributed by atoms with Gasteiger partial charge >= 0.3 is 0 Å². The lowest BCUT2D eigenvalue weighted by Gasteiger charge is -2.09. The molecule has 5 aromatic rings. The molecule has 32 heavy (non-hydrogen) atoms. The first-order valence-corrected chi connectivity index (χ1v) is 10.9. The Labute approximate surface area is 187 Å². The highest BCUT2D eigenvalue weighted by molar-refractivity contribution is 7.15. The fourth-order valence-electron chi connectivity index (χ4n) is 3.43. The maximum absolute atomic E-state index is 12.9. The van der Waals surface area contributed by atoms with E-state index in [1.165, 1.54) is 11.3 Å². The summed E-state index contributed by atoms with van der Waals surface area (Å²) >= 11 is 1.39. The summed E-state index contributed by atoms with van der Waals surface area (Å²) in [5.41, 5.74) is 2.55. The molecule has 0 aliphatic carbocycles. The number of fused-ring (bicyclic) bond motifs is 3. The molecule has 0 fully saturated rings. The molecule has 2 heterocycles. The smallest absolute Gasteiger partial charge is 0.274 e. The Kier molecular flexibility index (Phi) is 5.47. The lowest BCUT2D eigenvalue weighted by Crippen LogP contribution is -2.22. The molecule has 6 nitrogen and oxygen atoms in total. The molecule has 0 amide bonds. The van der Waals surface area contributed by atoms with Gasteiger partial charge in [0.1, 0.15) is 30.5 Å². The number of aromatic nitrogens is 2. The van der Waals surface area contributed by atoms with Crippen LogP contribution in [0.15, 0.2) is 77.6 Å². The van der Waals surface area contributed by atoms with Gasteiger partial charge in [-0.1, -0.05) is 41.7 Å². The van der Waals surface area contributed by atoms with Gasteiger partial charge in [-0.25, -0.2) is 9.38 Å². The fraction of sp³-hybridized carbons (Fsp3) is 0.120. The second-order valence-corrected chi connectivity index (χ2v) is 8.09. The zero-order valence-corrected chi connectivity index (χ0v) is 18.2. The Morgan fingerprint density at radius 2 is 1.66 bits per heavy atom. The number of nitrogens with zero attached hydrogens (tertiary/aromatic N) is 2. The largest absolute Gasteiger partial charge is 0.497 e. The average molecular weight is 445 g/mol. The van der Waals surface area contributed by atoms with Gasteiger partial charge in [-0.15, -0.1) is 0 Å². The van der Waals surface area contributed by atoms with Crippen molar-refractivity contribution < 1.29 is 14.2 Å². The van der Waals surface area contributed by atoms with Gasteiger partial charge in [0, 0.05) is 6.07 Å². The molecule has 3 aromatic carbocycles. The van der Waals surface area contributed by atoms with E-state index in [4.69, 9.17) is 14.2 Å². The summed E-state index contributed by atoms with van der Waals surface area (Å²) in [7, 11) is 1.62. The highest BCUT2D eigenvalue weighted by atomic mass is 32.1. The molecule has 0 saturated carbocycles. The maximum Gasteiger partial charge on any atom is 0.274 e. The van der Waals surface area contributed by atoms with Crippen LogP contribution in [0, 0.1) is 0 Å². The van der Waals surface area contributed by atoms with Crippen molar-refractivity contribution in [3.05, 3.63) is 93.2 Å². The lowest BCUT2D eigenvalue weighted by atomic mass is 10.2. The van der Waals surface area contributed by atoms with Gasteiger partial charge < -0.3 is 14.2 Å². The van der Waals surface area contributed by atoms with Crippen LogP contribution in [0.1, 0.15) is 5.56 Å². The highest BCUT2D eigenvalue weighted by Gasteiger charge is 2.10. The van der Waals surface area contributed by atoms with E-state index < -0.39 is 0 Å². The zero-order valence-electron chi connectivity index (χ0n) is 17.4. The van der Waals surface area contributed by atoms with Gasteiger partial charge in [0.05, 0.1) is 22.7 Å². The molecule has 0 unspecified atom stereocenters. The number of hydrogen-bond acceptors (Lipinski definition) is 6. The molecule has 0 spiro atoms. The van der Waals surface area contributed by atoms with Crippen molar-refractivity contribution in [1.82, 2.24) is 9.38 Å². The Morgan fingerprint density at radius 3 is 2.47 bits per heavy atom. The van der Waals surface area contributed by atoms with E-state index in [2.05, 4.69) is 4.98 Å². The summed E-state index contributed by atoms with van der Waals surface area (Å²) in [5, 5.41) is 0. The Bertz CT molecular complexity index is 1490. The summed E-state index contributed by atoms with van der Waals surface area (Å²) in [4.78, 5) is 18.1. The maximum atomic E-state index is 12.9. The molecule has 0 radical (unpaired) electrons. The molecule has 0 N–H and O–H groups in total. The third-order valence-electron chi connectivity index (χ3n) is 4.98. The van der Waals surface area contributed by atoms with Crippen LogP contribution >= 0.6 is 11.3 Å². The zero-order chi connectivity index (χ0) is 21.9. The van der Waals surface area contributed by atoms with E-state index in [1.54, 1.807) is 11.5 Å². The van der Waals surface area contributed by atoms with Crippen LogP contribution in [-0.2, 0) is 0 Å². The standard InChI is InChI=1S/C25H20N2O4S/c1-29-19-5-4-6-20(16-19)31-14-13-30-18-11-9-17(10-12-18)15-23-24(28)27-22-8-3-2-7-21(22)26-25(27)32-23/h2-12,15-16H,13-14H2,1H3/b23-15-. The summed E-state index contributed by atoms with van der Waals surface area (Å²) < 4.78 is 18.9. The monoisotopic (exact) mass is 444 g/mol. The molecule has 0 bridgehead atoms. The predicted octanol–water partition coefficient (Wildman–Crippen LogP) is 3.92. The van der Waals surface area contributed by atoms with Gasteiger partial charge in [0.15, 0.2) is 4.96 Å². The quantitative estimate of drug-likeness (QED) is 0.356. The molecule has 7 heteroatoms. The van der Waals surface area contributed by atoms with E-state index in [9.17, 15) is 4.79 Å². The number of ether oxygens (including phenoxy) is 3. The minimum atomic E-state index is -0.0475. The number of imidazole rings is 1. The Hall–Kier alpha value is -3.84. The van der Waals surface area contributed by atoms with E-state index in [1.807, 2.05) is 78.9 Å². The van der Waals surface area contributed by atoms with Crippen molar-refractivity contribution in [3.63, 3.8) is 0 Å². The molecule has 0 atom stereocenters. The summed E-state index contributed by atoms with van der Waals surface area (Å²) in [5.74, 6) is 2.23. The van der Waals surface area contributed by atoms with E-state index >= 15 is 0 Å². The normalized spacial score (nSPS) is 11.8. The van der Waals surface area contributed by atoms with Gasteiger partial charge in [0.2, 0.25) is 0 Å². The number of rotatable bonds is 7. The summed E-state index contributed by atoms with van der Waals surface area (Å²) in [6.07, 6.45) is 1.88. The van der Waals surface area contributed by atoms with Gasteiger partial charge in [-0.3, -0.25) is 4.79 Å². The molecule has 0 aliphatic heterocycles. The van der Waals surface area contributed by atoms with Crippen LogP contribution in [0.2, 0.25) is 0 Å². The van der Waals surface area contributed by atoms with Gasteiger partial charge in [-0.2, -0.15) is 0 Å². The van der Waals surface area contributed by atoms with Crippen molar-refractivity contribution in [2.75, 3.05) is 20.3 Å².